The van der Waals surface area contributed by atoms with E-state index in [1.807, 2.05) is 24.3 Å². The first-order valence-corrected chi connectivity index (χ1v) is 7.40. The molecule has 1 amide bonds. The zero-order valence-corrected chi connectivity index (χ0v) is 12.2. The number of anilines is 1. The average molecular weight is 262 g/mol. The molecule has 0 aliphatic carbocycles. The number of rotatable bonds is 9. The van der Waals surface area contributed by atoms with Gasteiger partial charge in [-0.25, -0.2) is 0 Å². The van der Waals surface area contributed by atoms with Crippen LogP contribution >= 0.6 is 0 Å². The van der Waals surface area contributed by atoms with Crippen molar-refractivity contribution in [3.05, 3.63) is 29.8 Å². The molecular weight excluding hydrogens is 236 g/mol. The van der Waals surface area contributed by atoms with Crippen molar-refractivity contribution in [3.8, 4) is 0 Å². The summed E-state index contributed by atoms with van der Waals surface area (Å²) in [5, 5.41) is 6.27. The van der Waals surface area contributed by atoms with E-state index in [0.717, 1.165) is 30.8 Å². The zero-order chi connectivity index (χ0) is 13.9. The molecule has 0 radical (unpaired) electrons. The Kier molecular flexibility index (Phi) is 7.71. The minimum Gasteiger partial charge on any atom is -0.385 e. The van der Waals surface area contributed by atoms with Gasteiger partial charge in [-0.3, -0.25) is 4.79 Å². The lowest BCUT2D eigenvalue weighted by atomic mass is 10.1. The van der Waals surface area contributed by atoms with E-state index in [9.17, 15) is 4.79 Å². The lowest BCUT2D eigenvalue weighted by molar-refractivity contribution is 0.0953. The highest BCUT2D eigenvalue weighted by atomic mass is 16.1. The van der Waals surface area contributed by atoms with Crippen molar-refractivity contribution >= 4 is 11.6 Å². The van der Waals surface area contributed by atoms with Gasteiger partial charge in [0.15, 0.2) is 0 Å². The third-order valence-corrected chi connectivity index (χ3v) is 3.02. The number of hydrogen-bond donors (Lipinski definition) is 2. The van der Waals surface area contributed by atoms with Crippen LogP contribution in [0.25, 0.3) is 0 Å². The third kappa shape index (κ3) is 6.27. The van der Waals surface area contributed by atoms with Gasteiger partial charge in [-0.1, -0.05) is 39.2 Å². The monoisotopic (exact) mass is 262 g/mol. The highest BCUT2D eigenvalue weighted by molar-refractivity contribution is 5.95. The number of carbonyl (C=O) groups excluding carboxylic acids is 1. The molecule has 1 aromatic carbocycles. The fourth-order valence-electron chi connectivity index (χ4n) is 1.90. The Morgan fingerprint density at radius 3 is 2.63 bits per heavy atom. The number of benzene rings is 1. The minimum atomic E-state index is 0.0106. The predicted octanol–water partition coefficient (Wildman–Crippen LogP) is 3.82. The van der Waals surface area contributed by atoms with Crippen molar-refractivity contribution in [1.82, 2.24) is 5.32 Å². The van der Waals surface area contributed by atoms with E-state index in [-0.39, 0.29) is 5.91 Å². The number of amides is 1. The smallest absolute Gasteiger partial charge is 0.251 e. The second kappa shape index (κ2) is 9.42. The SMILES string of the molecule is CCCCCCNc1cccc(C(=O)NCCC)c1. The molecule has 0 unspecified atom stereocenters. The van der Waals surface area contributed by atoms with Crippen molar-refractivity contribution in [2.45, 2.75) is 46.0 Å². The van der Waals surface area contributed by atoms with Gasteiger partial charge in [0.2, 0.25) is 0 Å². The number of nitrogens with one attached hydrogen (secondary N) is 2. The van der Waals surface area contributed by atoms with Crippen molar-refractivity contribution in [2.75, 3.05) is 18.4 Å². The second-order valence-electron chi connectivity index (χ2n) is 4.82. The Bertz CT molecular complexity index is 377. The van der Waals surface area contributed by atoms with Gasteiger partial charge in [0.1, 0.15) is 0 Å². The Morgan fingerprint density at radius 1 is 1.05 bits per heavy atom. The van der Waals surface area contributed by atoms with Crippen molar-refractivity contribution in [3.63, 3.8) is 0 Å². The summed E-state index contributed by atoms with van der Waals surface area (Å²) >= 11 is 0. The standard InChI is InChI=1S/C16H26N2O/c1-3-5-6-7-12-17-15-10-8-9-14(13-15)16(19)18-11-4-2/h8-10,13,17H,3-7,11-12H2,1-2H3,(H,18,19). The highest BCUT2D eigenvalue weighted by Gasteiger charge is 2.04. The van der Waals surface area contributed by atoms with Crippen LogP contribution in [-0.4, -0.2) is 19.0 Å². The molecule has 19 heavy (non-hydrogen) atoms. The quantitative estimate of drug-likeness (QED) is 0.664. The van der Waals surface area contributed by atoms with Crippen LogP contribution in [0.3, 0.4) is 0 Å². The van der Waals surface area contributed by atoms with Gasteiger partial charge in [0.05, 0.1) is 0 Å². The minimum absolute atomic E-state index is 0.0106. The van der Waals surface area contributed by atoms with Crippen molar-refractivity contribution in [1.29, 1.82) is 0 Å². The molecular formula is C16H26N2O. The maximum Gasteiger partial charge on any atom is 0.251 e. The van der Waals surface area contributed by atoms with E-state index < -0.39 is 0 Å². The van der Waals surface area contributed by atoms with Crippen LogP contribution in [0.15, 0.2) is 24.3 Å². The fraction of sp³-hybridized carbons (Fsp3) is 0.562. The maximum atomic E-state index is 11.8. The van der Waals surface area contributed by atoms with Crippen molar-refractivity contribution < 1.29 is 4.79 Å². The average Bonchev–Trinajstić information content (AvgIpc) is 2.45. The Hall–Kier alpha value is -1.51. The largest absolute Gasteiger partial charge is 0.385 e. The predicted molar refractivity (Wildman–Crippen MR) is 81.7 cm³/mol. The van der Waals surface area contributed by atoms with E-state index in [1.165, 1.54) is 25.7 Å². The van der Waals surface area contributed by atoms with Crippen LogP contribution in [0, 0.1) is 0 Å². The van der Waals surface area contributed by atoms with E-state index in [2.05, 4.69) is 24.5 Å². The van der Waals surface area contributed by atoms with E-state index in [4.69, 9.17) is 0 Å². The molecule has 0 heterocycles. The van der Waals surface area contributed by atoms with Crippen LogP contribution in [0.1, 0.15) is 56.3 Å². The highest BCUT2D eigenvalue weighted by Crippen LogP contribution is 2.11. The van der Waals surface area contributed by atoms with Crippen molar-refractivity contribution in [2.24, 2.45) is 0 Å². The molecule has 3 nitrogen and oxygen atoms in total. The molecule has 1 aromatic rings. The number of unbranched alkanes of at least 4 members (excludes halogenated alkanes) is 3. The Balaban J connectivity index is 2.41. The van der Waals surface area contributed by atoms with Gasteiger partial charge in [-0.05, 0) is 31.0 Å². The summed E-state index contributed by atoms with van der Waals surface area (Å²) in [4.78, 5) is 11.8. The summed E-state index contributed by atoms with van der Waals surface area (Å²) in [6.07, 6.45) is 5.95. The van der Waals surface area contributed by atoms with Gasteiger partial charge < -0.3 is 10.6 Å². The van der Waals surface area contributed by atoms with E-state index >= 15 is 0 Å². The molecule has 0 fully saturated rings. The molecule has 2 N–H and O–H groups in total. The Morgan fingerprint density at radius 2 is 1.89 bits per heavy atom. The van der Waals surface area contributed by atoms with Crippen LogP contribution < -0.4 is 10.6 Å². The summed E-state index contributed by atoms with van der Waals surface area (Å²) in [5.74, 6) is 0.0106. The van der Waals surface area contributed by atoms with Gasteiger partial charge in [0, 0.05) is 24.3 Å². The lowest BCUT2D eigenvalue weighted by Crippen LogP contribution is -2.23. The summed E-state index contributed by atoms with van der Waals surface area (Å²) < 4.78 is 0. The summed E-state index contributed by atoms with van der Waals surface area (Å²) in [5.41, 5.74) is 1.76. The summed E-state index contributed by atoms with van der Waals surface area (Å²) in [6, 6.07) is 7.71. The molecule has 0 atom stereocenters. The molecule has 0 bridgehead atoms. The van der Waals surface area contributed by atoms with Gasteiger partial charge in [-0.15, -0.1) is 0 Å². The maximum absolute atomic E-state index is 11.8. The first-order chi connectivity index (χ1) is 9.27. The van der Waals surface area contributed by atoms with E-state index in [0.29, 0.717) is 0 Å². The van der Waals surface area contributed by atoms with Crippen LogP contribution in [0.4, 0.5) is 5.69 Å². The molecule has 0 saturated heterocycles. The molecule has 3 heteroatoms. The molecule has 0 spiro atoms. The Labute approximate surface area is 116 Å². The lowest BCUT2D eigenvalue weighted by Gasteiger charge is -2.08. The first kappa shape index (κ1) is 15.5. The van der Waals surface area contributed by atoms with E-state index in [1.54, 1.807) is 0 Å². The molecule has 106 valence electrons. The fourth-order valence-corrected chi connectivity index (χ4v) is 1.90. The summed E-state index contributed by atoms with van der Waals surface area (Å²) in [7, 11) is 0. The topological polar surface area (TPSA) is 41.1 Å². The molecule has 0 aliphatic rings. The second-order valence-corrected chi connectivity index (χ2v) is 4.82. The summed E-state index contributed by atoms with van der Waals surface area (Å²) in [6.45, 7) is 5.97. The van der Waals surface area contributed by atoms with Crippen LogP contribution in [-0.2, 0) is 0 Å². The van der Waals surface area contributed by atoms with Crippen LogP contribution in [0.2, 0.25) is 0 Å². The number of carbonyl (C=O) groups is 1. The zero-order valence-electron chi connectivity index (χ0n) is 12.2. The van der Waals surface area contributed by atoms with Gasteiger partial charge in [-0.2, -0.15) is 0 Å². The van der Waals surface area contributed by atoms with Gasteiger partial charge in [0.25, 0.3) is 5.91 Å². The molecule has 0 saturated carbocycles. The number of hydrogen-bond acceptors (Lipinski definition) is 2. The first-order valence-electron chi connectivity index (χ1n) is 7.40. The molecule has 1 rings (SSSR count). The molecule has 0 aliphatic heterocycles. The third-order valence-electron chi connectivity index (χ3n) is 3.02. The van der Waals surface area contributed by atoms with Gasteiger partial charge >= 0.3 is 0 Å². The normalized spacial score (nSPS) is 10.2. The molecule has 0 aromatic heterocycles. The van der Waals surface area contributed by atoms with Crippen LogP contribution in [0.5, 0.6) is 0 Å².